The molecule has 3 heteroatoms. The third kappa shape index (κ3) is 2.97. The molecule has 1 atom stereocenters. The van der Waals surface area contributed by atoms with Crippen molar-refractivity contribution in [2.75, 3.05) is 5.32 Å². The van der Waals surface area contributed by atoms with E-state index in [4.69, 9.17) is 0 Å². The van der Waals surface area contributed by atoms with Crippen LogP contribution in [0.1, 0.15) is 36.2 Å². The molecule has 0 bridgehead atoms. The molecule has 18 heavy (non-hydrogen) atoms. The van der Waals surface area contributed by atoms with E-state index in [9.17, 15) is 4.79 Å². The van der Waals surface area contributed by atoms with Gasteiger partial charge < -0.3 is 5.32 Å². The van der Waals surface area contributed by atoms with Crippen molar-refractivity contribution < 1.29 is 4.79 Å². The van der Waals surface area contributed by atoms with Crippen molar-refractivity contribution in [1.29, 1.82) is 0 Å². The second-order valence-electron chi connectivity index (χ2n) is 5.06. The van der Waals surface area contributed by atoms with Gasteiger partial charge in [0.2, 0.25) is 5.91 Å². The number of aryl methyl sites for hydroxylation is 3. The minimum atomic E-state index is 0.0865. The van der Waals surface area contributed by atoms with Gasteiger partial charge in [0.05, 0.1) is 11.4 Å². The summed E-state index contributed by atoms with van der Waals surface area (Å²) >= 11 is 0. The molecular formula is C15H20N2O. The highest BCUT2D eigenvalue weighted by Crippen LogP contribution is 2.23. The summed E-state index contributed by atoms with van der Waals surface area (Å²) in [4.78, 5) is 16.4. The molecule has 0 spiro atoms. The van der Waals surface area contributed by atoms with Gasteiger partial charge in [0.1, 0.15) is 0 Å². The second-order valence-corrected chi connectivity index (χ2v) is 5.06. The highest BCUT2D eigenvalue weighted by Gasteiger charge is 2.15. The Labute approximate surface area is 108 Å². The quantitative estimate of drug-likeness (QED) is 0.829. The fourth-order valence-corrected chi connectivity index (χ4v) is 2.51. The van der Waals surface area contributed by atoms with Gasteiger partial charge in [0.25, 0.3) is 0 Å². The molecule has 96 valence electrons. The first-order chi connectivity index (χ1) is 8.56. The summed E-state index contributed by atoms with van der Waals surface area (Å²) < 4.78 is 0. The van der Waals surface area contributed by atoms with Crippen molar-refractivity contribution in [2.45, 2.75) is 40.0 Å². The number of allylic oxidation sites excluding steroid dienone is 2. The van der Waals surface area contributed by atoms with Crippen LogP contribution in [0.25, 0.3) is 0 Å². The zero-order chi connectivity index (χ0) is 13.1. The van der Waals surface area contributed by atoms with Crippen LogP contribution in [0.4, 0.5) is 5.69 Å². The van der Waals surface area contributed by atoms with Gasteiger partial charge >= 0.3 is 0 Å². The van der Waals surface area contributed by atoms with E-state index in [-0.39, 0.29) is 5.91 Å². The summed E-state index contributed by atoms with van der Waals surface area (Å²) in [6.07, 6.45) is 7.07. The number of nitrogens with one attached hydrogen (secondary N) is 1. The molecule has 0 saturated heterocycles. The number of carbonyl (C=O) groups excluding carboxylic acids is 1. The maximum atomic E-state index is 12.0. The average molecular weight is 244 g/mol. The summed E-state index contributed by atoms with van der Waals surface area (Å²) in [6.45, 7) is 5.91. The molecular weight excluding hydrogens is 224 g/mol. The Morgan fingerprint density at radius 2 is 2.22 bits per heavy atom. The number of nitrogens with zero attached hydrogens (tertiary/aromatic N) is 1. The third-order valence-electron chi connectivity index (χ3n) is 3.35. The molecule has 2 rings (SSSR count). The van der Waals surface area contributed by atoms with Crippen LogP contribution in [0.3, 0.4) is 0 Å². The lowest BCUT2D eigenvalue weighted by Crippen LogP contribution is -2.16. The number of hydrogen-bond acceptors (Lipinski definition) is 2. The number of hydrogen-bond donors (Lipinski definition) is 1. The molecule has 1 aromatic heterocycles. The number of amides is 1. The summed E-state index contributed by atoms with van der Waals surface area (Å²) in [7, 11) is 0. The average Bonchev–Trinajstić information content (AvgIpc) is 2.76. The fraction of sp³-hybridized carbons (Fsp3) is 0.467. The molecule has 1 aliphatic rings. The molecule has 3 nitrogen and oxygen atoms in total. The van der Waals surface area contributed by atoms with Crippen LogP contribution in [0.15, 0.2) is 18.2 Å². The van der Waals surface area contributed by atoms with E-state index in [2.05, 4.69) is 22.5 Å². The lowest BCUT2D eigenvalue weighted by molar-refractivity contribution is -0.116. The van der Waals surface area contributed by atoms with Crippen molar-refractivity contribution in [3.05, 3.63) is 35.2 Å². The van der Waals surface area contributed by atoms with Crippen molar-refractivity contribution in [2.24, 2.45) is 5.92 Å². The van der Waals surface area contributed by atoms with E-state index >= 15 is 0 Å². The fourth-order valence-electron chi connectivity index (χ4n) is 2.51. The van der Waals surface area contributed by atoms with E-state index in [1.54, 1.807) is 0 Å². The van der Waals surface area contributed by atoms with Crippen LogP contribution in [-0.2, 0) is 4.79 Å². The predicted molar refractivity (Wildman–Crippen MR) is 73.6 cm³/mol. The second kappa shape index (κ2) is 5.34. The number of aromatic nitrogens is 1. The Balaban J connectivity index is 2.04. The molecule has 0 saturated carbocycles. The van der Waals surface area contributed by atoms with E-state index in [0.717, 1.165) is 35.5 Å². The lowest BCUT2D eigenvalue weighted by Gasteiger charge is -2.13. The zero-order valence-electron chi connectivity index (χ0n) is 11.3. The molecule has 1 N–H and O–H groups in total. The number of anilines is 1. The Kier molecular flexibility index (Phi) is 3.80. The van der Waals surface area contributed by atoms with Crippen molar-refractivity contribution >= 4 is 11.6 Å². The highest BCUT2D eigenvalue weighted by atomic mass is 16.1. The monoisotopic (exact) mass is 244 g/mol. The number of pyridine rings is 1. The largest absolute Gasteiger partial charge is 0.324 e. The third-order valence-corrected chi connectivity index (χ3v) is 3.35. The Morgan fingerprint density at radius 1 is 1.44 bits per heavy atom. The van der Waals surface area contributed by atoms with Gasteiger partial charge in [-0.2, -0.15) is 0 Å². The van der Waals surface area contributed by atoms with Gasteiger partial charge in [-0.25, -0.2) is 0 Å². The summed E-state index contributed by atoms with van der Waals surface area (Å²) in [5.74, 6) is 0.493. The molecule has 1 amide bonds. The number of carbonyl (C=O) groups is 1. The minimum absolute atomic E-state index is 0.0865. The normalized spacial score (nSPS) is 18.1. The van der Waals surface area contributed by atoms with E-state index in [0.29, 0.717) is 12.3 Å². The predicted octanol–water partition coefficient (Wildman–Crippen LogP) is 3.30. The first kappa shape index (κ1) is 12.8. The highest BCUT2D eigenvalue weighted by molar-refractivity contribution is 5.92. The first-order valence-corrected chi connectivity index (χ1v) is 6.47. The van der Waals surface area contributed by atoms with Crippen LogP contribution in [0.5, 0.6) is 0 Å². The molecule has 0 aliphatic heterocycles. The van der Waals surface area contributed by atoms with Gasteiger partial charge in [-0.1, -0.05) is 12.2 Å². The summed E-state index contributed by atoms with van der Waals surface area (Å²) in [6, 6.07) is 2.00. The summed E-state index contributed by atoms with van der Waals surface area (Å²) in [5, 5.41) is 3.00. The first-order valence-electron chi connectivity index (χ1n) is 6.47. The van der Waals surface area contributed by atoms with Crippen molar-refractivity contribution in [3.63, 3.8) is 0 Å². The van der Waals surface area contributed by atoms with Crippen molar-refractivity contribution in [3.8, 4) is 0 Å². The van der Waals surface area contributed by atoms with Crippen LogP contribution in [-0.4, -0.2) is 10.9 Å². The minimum Gasteiger partial charge on any atom is -0.324 e. The zero-order valence-corrected chi connectivity index (χ0v) is 11.3. The molecule has 1 unspecified atom stereocenters. The van der Waals surface area contributed by atoms with E-state index in [1.807, 2.05) is 26.8 Å². The van der Waals surface area contributed by atoms with Crippen LogP contribution in [0.2, 0.25) is 0 Å². The molecule has 1 heterocycles. The van der Waals surface area contributed by atoms with E-state index < -0.39 is 0 Å². The standard InChI is InChI=1S/C15H20N2O/c1-10-8-11(2)16-12(3)15(10)17-14(18)9-13-6-4-5-7-13/h4,6,8,13H,5,7,9H2,1-3H3,(H,17,18). The van der Waals surface area contributed by atoms with Crippen LogP contribution < -0.4 is 5.32 Å². The summed E-state index contributed by atoms with van der Waals surface area (Å²) in [5.41, 5.74) is 3.83. The number of rotatable bonds is 3. The maximum absolute atomic E-state index is 12.0. The Morgan fingerprint density at radius 3 is 2.83 bits per heavy atom. The Bertz CT molecular complexity index is 468. The van der Waals surface area contributed by atoms with Crippen LogP contribution >= 0.6 is 0 Å². The Hall–Kier alpha value is -1.64. The maximum Gasteiger partial charge on any atom is 0.225 e. The van der Waals surface area contributed by atoms with Gasteiger partial charge in [-0.3, -0.25) is 9.78 Å². The SMILES string of the molecule is Cc1cc(C)c(NC(=O)CC2C=CCC2)c(C)n1. The van der Waals surface area contributed by atoms with Gasteiger partial charge in [-0.15, -0.1) is 0 Å². The smallest absolute Gasteiger partial charge is 0.225 e. The van der Waals surface area contributed by atoms with Gasteiger partial charge in [0.15, 0.2) is 0 Å². The van der Waals surface area contributed by atoms with Crippen molar-refractivity contribution in [1.82, 2.24) is 4.98 Å². The molecule has 0 fully saturated rings. The van der Waals surface area contributed by atoms with E-state index in [1.165, 1.54) is 0 Å². The topological polar surface area (TPSA) is 42.0 Å². The van der Waals surface area contributed by atoms with Gasteiger partial charge in [0, 0.05) is 12.1 Å². The molecule has 0 aromatic carbocycles. The lowest BCUT2D eigenvalue weighted by atomic mass is 10.0. The van der Waals surface area contributed by atoms with Gasteiger partial charge in [-0.05, 0) is 51.2 Å². The van der Waals surface area contributed by atoms with Crippen LogP contribution in [0, 0.1) is 26.7 Å². The molecule has 1 aromatic rings. The molecule has 0 radical (unpaired) electrons. The molecule has 1 aliphatic carbocycles.